The number of carbonyl (C=O) groups excluding carboxylic acids is 1. The summed E-state index contributed by atoms with van der Waals surface area (Å²) in [5.74, 6) is 1.49. The summed E-state index contributed by atoms with van der Waals surface area (Å²) in [6.07, 6.45) is 7.45. The van der Waals surface area contributed by atoms with E-state index in [1.165, 1.54) is 12.8 Å². The standard InChI is InChI=1S/C21H32N2O4/c1-26-19-12-7-15(20(13-19)27-2)14-23(17-5-3-4-6-17)21(25)22-16-8-10-18(24)11-9-16/h7,12-13,16-18,24H,3-6,8-11,14H2,1-2H3,(H,22,25). The van der Waals surface area contributed by atoms with Crippen LogP contribution in [0, 0.1) is 0 Å². The van der Waals surface area contributed by atoms with Gasteiger partial charge in [0.2, 0.25) is 0 Å². The van der Waals surface area contributed by atoms with Crippen molar-refractivity contribution in [1.82, 2.24) is 10.2 Å². The summed E-state index contributed by atoms with van der Waals surface area (Å²) in [5.41, 5.74) is 0.986. The Bertz CT molecular complexity index is 623. The first kappa shape index (κ1) is 19.8. The topological polar surface area (TPSA) is 71.0 Å². The number of amides is 2. The molecule has 2 aliphatic carbocycles. The lowest BCUT2D eigenvalue weighted by molar-refractivity contribution is 0.112. The zero-order valence-electron chi connectivity index (χ0n) is 16.4. The number of carbonyl (C=O) groups is 1. The third kappa shape index (κ3) is 5.06. The second-order valence-electron chi connectivity index (χ2n) is 7.70. The normalized spacial score (nSPS) is 23.1. The van der Waals surface area contributed by atoms with Gasteiger partial charge in [-0.3, -0.25) is 0 Å². The Labute approximate surface area is 161 Å². The number of nitrogens with zero attached hydrogens (tertiary/aromatic N) is 1. The maximum atomic E-state index is 13.1. The first-order chi connectivity index (χ1) is 13.1. The Morgan fingerprint density at radius 1 is 1.11 bits per heavy atom. The molecule has 0 heterocycles. The minimum absolute atomic E-state index is 0.00107. The molecule has 3 rings (SSSR count). The minimum Gasteiger partial charge on any atom is -0.497 e. The number of benzene rings is 1. The molecule has 0 saturated heterocycles. The molecule has 0 aromatic heterocycles. The average molecular weight is 376 g/mol. The highest BCUT2D eigenvalue weighted by Crippen LogP contribution is 2.30. The molecule has 6 nitrogen and oxygen atoms in total. The van der Waals surface area contributed by atoms with Gasteiger partial charge in [0.25, 0.3) is 0 Å². The number of aliphatic hydroxyl groups is 1. The van der Waals surface area contributed by atoms with E-state index in [-0.39, 0.29) is 24.2 Å². The van der Waals surface area contributed by atoms with E-state index in [0.29, 0.717) is 6.54 Å². The molecule has 2 amide bonds. The van der Waals surface area contributed by atoms with Gasteiger partial charge in [0, 0.05) is 23.7 Å². The molecular formula is C21H32N2O4. The molecular weight excluding hydrogens is 344 g/mol. The molecule has 1 aromatic carbocycles. The second-order valence-corrected chi connectivity index (χ2v) is 7.70. The maximum Gasteiger partial charge on any atom is 0.318 e. The number of urea groups is 1. The van der Waals surface area contributed by atoms with Gasteiger partial charge in [-0.05, 0) is 50.7 Å². The summed E-state index contributed by atoms with van der Waals surface area (Å²) < 4.78 is 10.8. The largest absolute Gasteiger partial charge is 0.497 e. The SMILES string of the molecule is COc1ccc(CN(C(=O)NC2CCC(O)CC2)C2CCCC2)c(OC)c1. The fourth-order valence-corrected chi connectivity index (χ4v) is 4.23. The fourth-order valence-electron chi connectivity index (χ4n) is 4.23. The molecule has 27 heavy (non-hydrogen) atoms. The van der Waals surface area contributed by atoms with E-state index in [1.54, 1.807) is 14.2 Å². The van der Waals surface area contributed by atoms with Crippen molar-refractivity contribution in [3.63, 3.8) is 0 Å². The van der Waals surface area contributed by atoms with Gasteiger partial charge >= 0.3 is 6.03 Å². The summed E-state index contributed by atoms with van der Waals surface area (Å²) in [6.45, 7) is 0.527. The third-order valence-electron chi connectivity index (χ3n) is 5.89. The molecule has 0 unspecified atom stereocenters. The average Bonchev–Trinajstić information content (AvgIpc) is 3.22. The van der Waals surface area contributed by atoms with Crippen LogP contribution in [0.25, 0.3) is 0 Å². The molecule has 2 aliphatic rings. The van der Waals surface area contributed by atoms with Crippen LogP contribution in [-0.4, -0.2) is 48.4 Å². The highest BCUT2D eigenvalue weighted by Gasteiger charge is 2.30. The number of methoxy groups -OCH3 is 2. The maximum absolute atomic E-state index is 13.1. The van der Waals surface area contributed by atoms with E-state index >= 15 is 0 Å². The summed E-state index contributed by atoms with van der Waals surface area (Å²) in [4.78, 5) is 15.1. The van der Waals surface area contributed by atoms with Crippen molar-refractivity contribution in [2.75, 3.05) is 14.2 Å². The number of aliphatic hydroxyl groups excluding tert-OH is 1. The predicted molar refractivity (Wildman–Crippen MR) is 104 cm³/mol. The Morgan fingerprint density at radius 2 is 1.81 bits per heavy atom. The van der Waals surface area contributed by atoms with Crippen LogP contribution in [0.15, 0.2) is 18.2 Å². The van der Waals surface area contributed by atoms with Crippen molar-refractivity contribution in [3.8, 4) is 11.5 Å². The number of rotatable bonds is 6. The zero-order valence-corrected chi connectivity index (χ0v) is 16.4. The Morgan fingerprint density at radius 3 is 2.44 bits per heavy atom. The number of nitrogens with one attached hydrogen (secondary N) is 1. The van der Waals surface area contributed by atoms with Crippen molar-refractivity contribution in [1.29, 1.82) is 0 Å². The molecule has 150 valence electrons. The lowest BCUT2D eigenvalue weighted by Gasteiger charge is -2.33. The van der Waals surface area contributed by atoms with E-state index in [9.17, 15) is 9.90 Å². The van der Waals surface area contributed by atoms with E-state index in [2.05, 4.69) is 5.32 Å². The Balaban J connectivity index is 1.72. The molecule has 1 aromatic rings. The first-order valence-electron chi connectivity index (χ1n) is 10.1. The predicted octanol–water partition coefficient (Wildman–Crippen LogP) is 3.46. The van der Waals surface area contributed by atoms with Crippen LogP contribution in [0.2, 0.25) is 0 Å². The van der Waals surface area contributed by atoms with Gasteiger partial charge in [-0.25, -0.2) is 4.79 Å². The molecule has 6 heteroatoms. The molecule has 0 radical (unpaired) electrons. The monoisotopic (exact) mass is 376 g/mol. The zero-order chi connectivity index (χ0) is 19.2. The van der Waals surface area contributed by atoms with E-state index in [0.717, 1.165) is 55.6 Å². The van der Waals surface area contributed by atoms with Crippen LogP contribution in [0.4, 0.5) is 4.79 Å². The molecule has 0 atom stereocenters. The number of hydrogen-bond acceptors (Lipinski definition) is 4. The quantitative estimate of drug-likeness (QED) is 0.798. The third-order valence-corrected chi connectivity index (χ3v) is 5.89. The number of ether oxygens (including phenoxy) is 2. The lowest BCUT2D eigenvalue weighted by atomic mass is 9.93. The van der Waals surface area contributed by atoms with Crippen molar-refractivity contribution in [3.05, 3.63) is 23.8 Å². The van der Waals surface area contributed by atoms with Gasteiger partial charge in [0.15, 0.2) is 0 Å². The van der Waals surface area contributed by atoms with Crippen molar-refractivity contribution in [2.24, 2.45) is 0 Å². The van der Waals surface area contributed by atoms with E-state index in [1.807, 2.05) is 23.1 Å². The first-order valence-corrected chi connectivity index (χ1v) is 10.1. The second kappa shape index (κ2) is 9.31. The van der Waals surface area contributed by atoms with Crippen molar-refractivity contribution in [2.45, 2.75) is 76.1 Å². The summed E-state index contributed by atoms with van der Waals surface area (Å²) >= 11 is 0. The molecule has 2 saturated carbocycles. The van der Waals surface area contributed by atoms with Crippen LogP contribution >= 0.6 is 0 Å². The molecule has 0 spiro atoms. The van der Waals surface area contributed by atoms with Crippen LogP contribution in [0.5, 0.6) is 11.5 Å². The minimum atomic E-state index is -0.215. The van der Waals surface area contributed by atoms with Crippen LogP contribution in [0.1, 0.15) is 56.9 Å². The summed E-state index contributed by atoms with van der Waals surface area (Å²) in [6, 6.07) is 6.17. The molecule has 0 aliphatic heterocycles. The molecule has 2 fully saturated rings. The summed E-state index contributed by atoms with van der Waals surface area (Å²) in [5, 5.41) is 12.9. The van der Waals surface area contributed by atoms with E-state index < -0.39 is 0 Å². The van der Waals surface area contributed by atoms with Gasteiger partial charge < -0.3 is 24.8 Å². The Hall–Kier alpha value is -1.95. The van der Waals surface area contributed by atoms with E-state index in [4.69, 9.17) is 9.47 Å². The van der Waals surface area contributed by atoms with Gasteiger partial charge in [-0.2, -0.15) is 0 Å². The lowest BCUT2D eigenvalue weighted by Crippen LogP contribution is -2.49. The smallest absolute Gasteiger partial charge is 0.318 e. The van der Waals surface area contributed by atoms with Gasteiger partial charge in [0.1, 0.15) is 11.5 Å². The molecule has 2 N–H and O–H groups in total. The molecule has 0 bridgehead atoms. The highest BCUT2D eigenvalue weighted by atomic mass is 16.5. The summed E-state index contributed by atoms with van der Waals surface area (Å²) in [7, 11) is 3.28. The van der Waals surface area contributed by atoms with Gasteiger partial charge in [0.05, 0.1) is 26.9 Å². The van der Waals surface area contributed by atoms with Gasteiger partial charge in [-0.15, -0.1) is 0 Å². The number of hydrogen-bond donors (Lipinski definition) is 2. The van der Waals surface area contributed by atoms with Crippen LogP contribution < -0.4 is 14.8 Å². The van der Waals surface area contributed by atoms with Crippen molar-refractivity contribution >= 4 is 6.03 Å². The van der Waals surface area contributed by atoms with Crippen LogP contribution in [0.3, 0.4) is 0 Å². The van der Waals surface area contributed by atoms with Crippen molar-refractivity contribution < 1.29 is 19.4 Å². The highest BCUT2D eigenvalue weighted by molar-refractivity contribution is 5.75. The Kier molecular flexibility index (Phi) is 6.83. The van der Waals surface area contributed by atoms with Crippen LogP contribution in [-0.2, 0) is 6.54 Å². The fraction of sp³-hybridized carbons (Fsp3) is 0.667. The van der Waals surface area contributed by atoms with Gasteiger partial charge in [-0.1, -0.05) is 12.8 Å².